The van der Waals surface area contributed by atoms with E-state index in [9.17, 15) is 9.59 Å². The summed E-state index contributed by atoms with van der Waals surface area (Å²) in [4.78, 5) is 24.3. The van der Waals surface area contributed by atoms with E-state index in [1.807, 2.05) is 51.1 Å². The van der Waals surface area contributed by atoms with E-state index in [1.165, 1.54) is 7.11 Å². The molecule has 8 heteroatoms. The summed E-state index contributed by atoms with van der Waals surface area (Å²) in [5, 5.41) is 6.12. The summed E-state index contributed by atoms with van der Waals surface area (Å²) in [6, 6.07) is 9.59. The van der Waals surface area contributed by atoms with Crippen molar-refractivity contribution >= 4 is 12.1 Å². The molecule has 4 atom stereocenters. The van der Waals surface area contributed by atoms with Gasteiger partial charge in [-0.2, -0.15) is 0 Å². The third-order valence-corrected chi connectivity index (χ3v) is 5.49. The van der Waals surface area contributed by atoms with E-state index >= 15 is 0 Å². The molecule has 1 aromatic carbocycles. The van der Waals surface area contributed by atoms with Gasteiger partial charge < -0.3 is 29.6 Å². The van der Waals surface area contributed by atoms with E-state index in [1.54, 1.807) is 0 Å². The molecule has 8 nitrogen and oxygen atoms in total. The minimum atomic E-state index is -0.556. The van der Waals surface area contributed by atoms with Gasteiger partial charge in [-0.05, 0) is 51.5 Å². The van der Waals surface area contributed by atoms with E-state index in [0.29, 0.717) is 32.0 Å². The summed E-state index contributed by atoms with van der Waals surface area (Å²) < 4.78 is 22.9. The molecule has 0 radical (unpaired) electrons. The molecule has 1 amide bonds. The number of hydrogen-bond donors (Lipinski definition) is 2. The van der Waals surface area contributed by atoms with Crippen LogP contribution in [-0.4, -0.2) is 62.2 Å². The monoisotopic (exact) mass is 478 g/mol. The van der Waals surface area contributed by atoms with Crippen molar-refractivity contribution < 1.29 is 28.5 Å². The molecule has 0 bridgehead atoms. The van der Waals surface area contributed by atoms with Crippen LogP contribution in [0.15, 0.2) is 30.3 Å². The number of esters is 1. The largest absolute Gasteiger partial charge is 0.468 e. The molecule has 0 aliphatic carbocycles. The van der Waals surface area contributed by atoms with Crippen molar-refractivity contribution in [1.82, 2.24) is 10.6 Å². The maximum Gasteiger partial charge on any atom is 0.407 e. The molecule has 1 aromatic rings. The van der Waals surface area contributed by atoms with Crippen LogP contribution in [0.1, 0.15) is 59.4 Å². The van der Waals surface area contributed by atoms with Gasteiger partial charge in [-0.3, -0.25) is 4.79 Å². The van der Waals surface area contributed by atoms with Crippen molar-refractivity contribution in [3.05, 3.63) is 35.9 Å². The van der Waals surface area contributed by atoms with Crippen LogP contribution in [0.4, 0.5) is 4.79 Å². The molecule has 1 aliphatic heterocycles. The van der Waals surface area contributed by atoms with Crippen LogP contribution in [0.3, 0.4) is 0 Å². The van der Waals surface area contributed by atoms with Crippen LogP contribution in [-0.2, 0) is 30.3 Å². The van der Waals surface area contributed by atoms with Crippen molar-refractivity contribution in [2.45, 2.75) is 90.4 Å². The van der Waals surface area contributed by atoms with Crippen molar-refractivity contribution in [2.75, 3.05) is 20.2 Å². The molecule has 0 spiro atoms. The third kappa shape index (κ3) is 10.4. The number of alkyl carbamates (subject to hydrolysis) is 1. The summed E-state index contributed by atoms with van der Waals surface area (Å²) in [6.07, 6.45) is 1.16. The summed E-state index contributed by atoms with van der Waals surface area (Å²) in [5.41, 5.74) is 0.537. The fourth-order valence-corrected chi connectivity index (χ4v) is 3.88. The van der Waals surface area contributed by atoms with E-state index in [-0.39, 0.29) is 24.3 Å². The van der Waals surface area contributed by atoms with Gasteiger partial charge in [0.2, 0.25) is 0 Å². The van der Waals surface area contributed by atoms with Gasteiger partial charge in [0.05, 0.1) is 32.0 Å². The normalized spacial score (nSPS) is 21.7. The zero-order valence-electron chi connectivity index (χ0n) is 21.5. The predicted octanol–water partition coefficient (Wildman–Crippen LogP) is 3.82. The lowest BCUT2D eigenvalue weighted by Crippen LogP contribution is -2.51. The van der Waals surface area contributed by atoms with Crippen LogP contribution in [0.5, 0.6) is 0 Å². The Morgan fingerprint density at radius 2 is 1.82 bits per heavy atom. The number of hydrogen-bond acceptors (Lipinski definition) is 7. The highest BCUT2D eigenvalue weighted by Crippen LogP contribution is 2.23. The van der Waals surface area contributed by atoms with Crippen molar-refractivity contribution in [3.63, 3.8) is 0 Å². The number of benzene rings is 1. The van der Waals surface area contributed by atoms with E-state index in [0.717, 1.165) is 18.4 Å². The standard InChI is InChI=1S/C26H42N2O6/c1-18(2)14-21(24(29)31-6)27-16-23-22(32-17-19-10-8-7-9-11-19)13-12-20(33-23)15-28-25(30)34-26(3,4)5/h7-11,18,20-23,27H,12-17H2,1-6H3,(H,28,30)/t20-,21+,22+,23-/m1/s1. The minimum Gasteiger partial charge on any atom is -0.468 e. The van der Waals surface area contributed by atoms with Gasteiger partial charge in [-0.25, -0.2) is 4.79 Å². The summed E-state index contributed by atoms with van der Waals surface area (Å²) in [6.45, 7) is 10.9. The van der Waals surface area contributed by atoms with E-state index in [2.05, 4.69) is 24.5 Å². The fraction of sp³-hybridized carbons (Fsp3) is 0.692. The highest BCUT2D eigenvalue weighted by Gasteiger charge is 2.33. The van der Waals surface area contributed by atoms with E-state index < -0.39 is 17.7 Å². The Morgan fingerprint density at radius 1 is 1.12 bits per heavy atom. The van der Waals surface area contributed by atoms with Gasteiger partial charge in [0.15, 0.2) is 0 Å². The second-order valence-electron chi connectivity index (χ2n) is 10.2. The Bertz CT molecular complexity index is 749. The maximum absolute atomic E-state index is 12.3. The molecular formula is C26H42N2O6. The van der Waals surface area contributed by atoms with Crippen LogP contribution in [0.25, 0.3) is 0 Å². The van der Waals surface area contributed by atoms with Crippen molar-refractivity contribution in [1.29, 1.82) is 0 Å². The fourth-order valence-electron chi connectivity index (χ4n) is 3.88. The minimum absolute atomic E-state index is 0.136. The number of nitrogens with one attached hydrogen (secondary N) is 2. The van der Waals surface area contributed by atoms with E-state index in [4.69, 9.17) is 18.9 Å². The lowest BCUT2D eigenvalue weighted by atomic mass is 9.99. The number of carbonyl (C=O) groups is 2. The molecule has 2 rings (SSSR count). The van der Waals surface area contributed by atoms with Crippen LogP contribution in [0, 0.1) is 5.92 Å². The lowest BCUT2D eigenvalue weighted by Gasteiger charge is -2.37. The molecule has 0 aromatic heterocycles. The van der Waals surface area contributed by atoms with Gasteiger partial charge in [-0.15, -0.1) is 0 Å². The first-order valence-electron chi connectivity index (χ1n) is 12.2. The number of ether oxygens (including phenoxy) is 4. The lowest BCUT2D eigenvalue weighted by molar-refractivity contribution is -0.148. The van der Waals surface area contributed by atoms with Crippen molar-refractivity contribution in [3.8, 4) is 0 Å². The molecule has 1 heterocycles. The SMILES string of the molecule is COC(=O)[C@H](CC(C)C)NC[C@H]1O[C@@H](CNC(=O)OC(C)(C)C)CC[C@@H]1OCc1ccccc1. The number of methoxy groups -OCH3 is 1. The first kappa shape index (κ1) is 28.1. The molecule has 1 fully saturated rings. The van der Waals surface area contributed by atoms with Gasteiger partial charge in [0.25, 0.3) is 0 Å². The number of carbonyl (C=O) groups excluding carboxylic acids is 2. The zero-order valence-corrected chi connectivity index (χ0v) is 21.5. The molecular weight excluding hydrogens is 436 g/mol. The van der Waals surface area contributed by atoms with Crippen LogP contribution >= 0.6 is 0 Å². The number of amides is 1. The Labute approximate surface area is 204 Å². The highest BCUT2D eigenvalue weighted by molar-refractivity contribution is 5.75. The van der Waals surface area contributed by atoms with Gasteiger partial charge in [0.1, 0.15) is 11.6 Å². The van der Waals surface area contributed by atoms with Crippen molar-refractivity contribution in [2.24, 2.45) is 5.92 Å². The molecule has 34 heavy (non-hydrogen) atoms. The second-order valence-corrected chi connectivity index (χ2v) is 10.2. The van der Waals surface area contributed by atoms with Gasteiger partial charge >= 0.3 is 12.1 Å². The third-order valence-electron chi connectivity index (χ3n) is 5.49. The smallest absolute Gasteiger partial charge is 0.407 e. The summed E-state index contributed by atoms with van der Waals surface area (Å²) in [7, 11) is 1.40. The first-order valence-corrected chi connectivity index (χ1v) is 12.2. The highest BCUT2D eigenvalue weighted by atomic mass is 16.6. The Morgan fingerprint density at radius 3 is 2.44 bits per heavy atom. The molecule has 2 N–H and O–H groups in total. The average molecular weight is 479 g/mol. The molecule has 1 saturated heterocycles. The summed E-state index contributed by atoms with van der Waals surface area (Å²) in [5.74, 6) is 0.0502. The molecule has 0 unspecified atom stereocenters. The van der Waals surface area contributed by atoms with Crippen LogP contribution < -0.4 is 10.6 Å². The number of rotatable bonds is 11. The zero-order chi connectivity index (χ0) is 25.1. The maximum atomic E-state index is 12.3. The molecule has 192 valence electrons. The first-order chi connectivity index (χ1) is 16.1. The quantitative estimate of drug-likeness (QED) is 0.467. The Hall–Kier alpha value is -2.16. The van der Waals surface area contributed by atoms with Crippen LogP contribution in [0.2, 0.25) is 0 Å². The van der Waals surface area contributed by atoms with Gasteiger partial charge in [-0.1, -0.05) is 44.2 Å². The average Bonchev–Trinajstić information content (AvgIpc) is 2.78. The Balaban J connectivity index is 1.99. The predicted molar refractivity (Wildman–Crippen MR) is 130 cm³/mol. The molecule has 1 aliphatic rings. The second kappa shape index (κ2) is 13.7. The summed E-state index contributed by atoms with van der Waals surface area (Å²) >= 11 is 0. The Kier molecular flexibility index (Phi) is 11.3. The molecule has 0 saturated carbocycles. The topological polar surface area (TPSA) is 95.1 Å². The van der Waals surface area contributed by atoms with Gasteiger partial charge in [0, 0.05) is 13.1 Å².